The summed E-state index contributed by atoms with van der Waals surface area (Å²) < 4.78 is 5.54. The number of carboxylic acids is 1. The van der Waals surface area contributed by atoms with E-state index in [2.05, 4.69) is 9.97 Å². The zero-order valence-corrected chi connectivity index (χ0v) is 12.9. The van der Waals surface area contributed by atoms with Crippen LogP contribution in [-0.2, 0) is 11.2 Å². The fourth-order valence-electron chi connectivity index (χ4n) is 3.10. The number of H-pyrrole nitrogens is 1. The van der Waals surface area contributed by atoms with Gasteiger partial charge in [0.1, 0.15) is 5.58 Å². The molecule has 1 atom stereocenters. The summed E-state index contributed by atoms with van der Waals surface area (Å²) in [5.74, 6) is -2.03. The molecular weight excluding hydrogens is 326 g/mol. The Kier molecular flexibility index (Phi) is 3.38. The van der Waals surface area contributed by atoms with Gasteiger partial charge in [-0.05, 0) is 12.1 Å². The molecule has 0 saturated heterocycles. The minimum atomic E-state index is -1.22. The summed E-state index contributed by atoms with van der Waals surface area (Å²) in [7, 11) is 0. The molecule has 126 valence electrons. The third kappa shape index (κ3) is 2.38. The lowest BCUT2D eigenvalue weighted by Crippen LogP contribution is -2.43. The Bertz CT molecular complexity index is 1050. The number of carbonyl (C=O) groups is 2. The monoisotopic (exact) mass is 339 g/mol. The van der Waals surface area contributed by atoms with E-state index in [-0.39, 0.29) is 23.3 Å². The maximum absolute atomic E-state index is 12.8. The van der Waals surface area contributed by atoms with Gasteiger partial charge in [0, 0.05) is 24.7 Å². The SMILES string of the molecule is O=C(O)[C@@H]1c2nc[nH]c2CCN1C(=O)c1cc(=O)c2ccccc2o1. The van der Waals surface area contributed by atoms with Crippen LogP contribution in [0.25, 0.3) is 11.0 Å². The molecule has 0 spiro atoms. The number of imidazole rings is 1. The van der Waals surface area contributed by atoms with Crippen LogP contribution in [0.1, 0.15) is 28.0 Å². The Morgan fingerprint density at radius 3 is 2.92 bits per heavy atom. The van der Waals surface area contributed by atoms with Crippen LogP contribution in [-0.4, -0.2) is 38.4 Å². The third-order valence-corrected chi connectivity index (χ3v) is 4.27. The first-order chi connectivity index (χ1) is 12.1. The maximum Gasteiger partial charge on any atom is 0.332 e. The van der Waals surface area contributed by atoms with Crippen molar-refractivity contribution in [1.29, 1.82) is 0 Å². The van der Waals surface area contributed by atoms with E-state index in [0.717, 1.165) is 6.07 Å². The summed E-state index contributed by atoms with van der Waals surface area (Å²) in [4.78, 5) is 44.8. The van der Waals surface area contributed by atoms with E-state index in [0.29, 0.717) is 23.2 Å². The van der Waals surface area contributed by atoms with Gasteiger partial charge in [-0.1, -0.05) is 12.1 Å². The minimum Gasteiger partial charge on any atom is -0.479 e. The van der Waals surface area contributed by atoms with Gasteiger partial charge in [-0.25, -0.2) is 9.78 Å². The van der Waals surface area contributed by atoms with Crippen molar-refractivity contribution in [2.24, 2.45) is 0 Å². The first-order valence-corrected chi connectivity index (χ1v) is 7.65. The van der Waals surface area contributed by atoms with Crippen molar-refractivity contribution in [2.45, 2.75) is 12.5 Å². The van der Waals surface area contributed by atoms with Crippen molar-refractivity contribution in [3.05, 3.63) is 64.0 Å². The van der Waals surface area contributed by atoms with Crippen LogP contribution in [0.4, 0.5) is 0 Å². The third-order valence-electron chi connectivity index (χ3n) is 4.27. The van der Waals surface area contributed by atoms with Crippen molar-refractivity contribution in [2.75, 3.05) is 6.54 Å². The molecule has 0 unspecified atom stereocenters. The second-order valence-electron chi connectivity index (χ2n) is 5.73. The van der Waals surface area contributed by atoms with Crippen molar-refractivity contribution >= 4 is 22.8 Å². The highest BCUT2D eigenvalue weighted by molar-refractivity contribution is 5.96. The molecule has 0 bridgehead atoms. The number of hydrogen-bond acceptors (Lipinski definition) is 5. The number of aliphatic carboxylic acids is 1. The lowest BCUT2D eigenvalue weighted by atomic mass is 10.0. The number of fused-ring (bicyclic) bond motifs is 2. The smallest absolute Gasteiger partial charge is 0.332 e. The quantitative estimate of drug-likeness (QED) is 0.728. The highest BCUT2D eigenvalue weighted by Gasteiger charge is 2.39. The van der Waals surface area contributed by atoms with Gasteiger partial charge < -0.3 is 19.4 Å². The average molecular weight is 339 g/mol. The second kappa shape index (κ2) is 5.59. The molecule has 0 fully saturated rings. The Labute approximate surface area is 140 Å². The number of rotatable bonds is 2. The van der Waals surface area contributed by atoms with Crippen LogP contribution >= 0.6 is 0 Å². The van der Waals surface area contributed by atoms with Crippen molar-refractivity contribution in [1.82, 2.24) is 14.9 Å². The number of carbonyl (C=O) groups excluding carboxylic acids is 1. The predicted molar refractivity (Wildman–Crippen MR) is 86.2 cm³/mol. The van der Waals surface area contributed by atoms with Crippen molar-refractivity contribution < 1.29 is 19.1 Å². The number of carboxylic acid groups (broad SMARTS) is 1. The molecule has 2 N–H and O–H groups in total. The standard InChI is InChI=1S/C17H13N3O5/c21-11-7-13(25-12-4-2-1-3-9(11)12)16(22)20-6-5-10-14(19-8-18-10)15(20)17(23)24/h1-4,7-8,15H,5-6H2,(H,18,19)(H,23,24)/t15-/m0/s1. The number of amides is 1. The van der Waals surface area contributed by atoms with Crippen LogP contribution in [0, 0.1) is 0 Å². The summed E-state index contributed by atoms with van der Waals surface area (Å²) in [6, 6.07) is 6.46. The van der Waals surface area contributed by atoms with Crippen molar-refractivity contribution in [3.63, 3.8) is 0 Å². The van der Waals surface area contributed by atoms with Gasteiger partial charge >= 0.3 is 5.97 Å². The Morgan fingerprint density at radius 1 is 1.32 bits per heavy atom. The van der Waals surface area contributed by atoms with Crippen LogP contribution in [0.15, 0.2) is 45.9 Å². The fraction of sp³-hybridized carbons (Fsp3) is 0.176. The Morgan fingerprint density at radius 2 is 2.12 bits per heavy atom. The second-order valence-corrected chi connectivity index (χ2v) is 5.73. The van der Waals surface area contributed by atoms with Gasteiger partial charge in [-0.3, -0.25) is 9.59 Å². The Balaban J connectivity index is 1.78. The lowest BCUT2D eigenvalue weighted by molar-refractivity contribution is -0.143. The molecule has 2 aromatic heterocycles. The lowest BCUT2D eigenvalue weighted by Gasteiger charge is -2.31. The zero-order chi connectivity index (χ0) is 17.6. The maximum atomic E-state index is 12.8. The number of nitrogens with one attached hydrogen (secondary N) is 1. The molecule has 0 radical (unpaired) electrons. The van der Waals surface area contributed by atoms with Gasteiger partial charge in [-0.2, -0.15) is 0 Å². The first kappa shape index (κ1) is 15.1. The molecule has 3 heterocycles. The van der Waals surface area contributed by atoms with Crippen LogP contribution in [0.5, 0.6) is 0 Å². The van der Waals surface area contributed by atoms with Gasteiger partial charge in [0.2, 0.25) is 0 Å². The molecule has 8 heteroatoms. The van der Waals surface area contributed by atoms with Gasteiger partial charge in [-0.15, -0.1) is 0 Å². The number of hydrogen-bond donors (Lipinski definition) is 2. The summed E-state index contributed by atoms with van der Waals surface area (Å²) in [5.41, 5.74) is 0.920. The average Bonchev–Trinajstić information content (AvgIpc) is 3.08. The molecule has 3 aromatic rings. The van der Waals surface area contributed by atoms with Crippen molar-refractivity contribution in [3.8, 4) is 0 Å². The Hall–Kier alpha value is -3.42. The van der Waals surface area contributed by atoms with Gasteiger partial charge in [0.15, 0.2) is 17.2 Å². The van der Waals surface area contributed by atoms with Crippen LogP contribution < -0.4 is 5.43 Å². The van der Waals surface area contributed by atoms with E-state index in [4.69, 9.17) is 4.42 Å². The summed E-state index contributed by atoms with van der Waals surface area (Å²) in [6.07, 6.45) is 1.85. The van der Waals surface area contributed by atoms with E-state index >= 15 is 0 Å². The highest BCUT2D eigenvalue weighted by atomic mass is 16.4. The fourth-order valence-corrected chi connectivity index (χ4v) is 3.10. The highest BCUT2D eigenvalue weighted by Crippen LogP contribution is 2.29. The number of nitrogens with zero attached hydrogens (tertiary/aromatic N) is 2. The summed E-state index contributed by atoms with van der Waals surface area (Å²) >= 11 is 0. The summed E-state index contributed by atoms with van der Waals surface area (Å²) in [6.45, 7) is 0.182. The molecule has 4 rings (SSSR count). The molecule has 1 aliphatic heterocycles. The molecule has 8 nitrogen and oxygen atoms in total. The van der Waals surface area contributed by atoms with E-state index in [1.165, 1.54) is 11.2 Å². The number of para-hydroxylation sites is 1. The molecular formula is C17H13N3O5. The molecule has 0 aliphatic carbocycles. The number of aromatic amines is 1. The normalized spacial score (nSPS) is 16.6. The summed E-state index contributed by atoms with van der Waals surface area (Å²) in [5, 5.41) is 9.92. The van der Waals surface area contributed by atoms with Crippen LogP contribution in [0.3, 0.4) is 0 Å². The molecule has 0 saturated carbocycles. The van der Waals surface area contributed by atoms with E-state index in [1.54, 1.807) is 24.3 Å². The molecule has 1 aliphatic rings. The molecule has 1 aromatic carbocycles. The number of benzene rings is 1. The minimum absolute atomic E-state index is 0.182. The van der Waals surface area contributed by atoms with Crippen LogP contribution in [0.2, 0.25) is 0 Å². The first-order valence-electron chi connectivity index (χ1n) is 7.65. The number of aromatic nitrogens is 2. The topological polar surface area (TPSA) is 116 Å². The largest absolute Gasteiger partial charge is 0.479 e. The molecule has 25 heavy (non-hydrogen) atoms. The van der Waals surface area contributed by atoms with E-state index in [9.17, 15) is 19.5 Å². The van der Waals surface area contributed by atoms with Gasteiger partial charge in [0.05, 0.1) is 17.4 Å². The van der Waals surface area contributed by atoms with E-state index in [1.807, 2.05) is 0 Å². The predicted octanol–water partition coefficient (Wildman–Crippen LogP) is 1.34. The zero-order valence-electron chi connectivity index (χ0n) is 12.9. The van der Waals surface area contributed by atoms with E-state index < -0.39 is 17.9 Å². The molecule has 1 amide bonds. The van der Waals surface area contributed by atoms with Gasteiger partial charge in [0.25, 0.3) is 5.91 Å².